The fourth-order valence-corrected chi connectivity index (χ4v) is 2.59. The van der Waals surface area contributed by atoms with Gasteiger partial charge in [0.1, 0.15) is 11.5 Å². The number of non-ortho nitro benzene ring substituents is 1. The second-order valence-electron chi connectivity index (χ2n) is 4.90. The highest BCUT2D eigenvalue weighted by Gasteiger charge is 2.15. The standard InChI is InChI=1S/C16H14BrNO5/c1-9-6-12(18(20)21)7-10(2)15(9)23-14-5-4-11(8-13(14)17)16(19)22-3/h4-8H,1-3H3. The molecule has 0 spiro atoms. The number of nitro groups is 1. The predicted molar refractivity (Wildman–Crippen MR) is 88.1 cm³/mol. The van der Waals surface area contributed by atoms with Crippen molar-refractivity contribution in [1.82, 2.24) is 0 Å². The van der Waals surface area contributed by atoms with Crippen molar-refractivity contribution < 1.29 is 19.2 Å². The largest absolute Gasteiger partial charge is 0.465 e. The van der Waals surface area contributed by atoms with Crippen molar-refractivity contribution in [3.05, 3.63) is 61.6 Å². The Balaban J connectivity index is 2.36. The van der Waals surface area contributed by atoms with Gasteiger partial charge in [0.15, 0.2) is 0 Å². The van der Waals surface area contributed by atoms with Gasteiger partial charge in [-0.05, 0) is 59.1 Å². The summed E-state index contributed by atoms with van der Waals surface area (Å²) in [7, 11) is 1.31. The highest BCUT2D eigenvalue weighted by Crippen LogP contribution is 2.35. The molecule has 0 aliphatic heterocycles. The number of esters is 1. The van der Waals surface area contributed by atoms with Crippen LogP contribution >= 0.6 is 15.9 Å². The Morgan fingerprint density at radius 2 is 1.78 bits per heavy atom. The normalized spacial score (nSPS) is 10.3. The Labute approximate surface area is 141 Å². The van der Waals surface area contributed by atoms with E-state index < -0.39 is 10.9 Å². The van der Waals surface area contributed by atoms with Gasteiger partial charge in [-0.1, -0.05) is 0 Å². The number of hydrogen-bond acceptors (Lipinski definition) is 5. The van der Waals surface area contributed by atoms with Crippen molar-refractivity contribution in [3.8, 4) is 11.5 Å². The summed E-state index contributed by atoms with van der Waals surface area (Å²) >= 11 is 3.35. The van der Waals surface area contributed by atoms with Gasteiger partial charge in [0.2, 0.25) is 0 Å². The van der Waals surface area contributed by atoms with Crippen LogP contribution in [0.2, 0.25) is 0 Å². The van der Waals surface area contributed by atoms with E-state index in [4.69, 9.17) is 4.74 Å². The molecule has 0 fully saturated rings. The van der Waals surface area contributed by atoms with Crippen LogP contribution in [0.25, 0.3) is 0 Å². The lowest BCUT2D eigenvalue weighted by atomic mass is 10.1. The molecule has 0 saturated heterocycles. The van der Waals surface area contributed by atoms with E-state index in [2.05, 4.69) is 20.7 Å². The van der Waals surface area contributed by atoms with Crippen LogP contribution in [0.1, 0.15) is 21.5 Å². The molecule has 2 aromatic rings. The maximum Gasteiger partial charge on any atom is 0.337 e. The first-order valence-electron chi connectivity index (χ1n) is 6.65. The zero-order valence-corrected chi connectivity index (χ0v) is 14.3. The number of ether oxygens (including phenoxy) is 2. The molecule has 0 bridgehead atoms. The van der Waals surface area contributed by atoms with E-state index in [9.17, 15) is 14.9 Å². The van der Waals surface area contributed by atoms with Gasteiger partial charge < -0.3 is 9.47 Å². The van der Waals surface area contributed by atoms with Crippen molar-refractivity contribution in [1.29, 1.82) is 0 Å². The summed E-state index contributed by atoms with van der Waals surface area (Å²) in [5, 5.41) is 10.9. The summed E-state index contributed by atoms with van der Waals surface area (Å²) in [6.07, 6.45) is 0. The van der Waals surface area contributed by atoms with E-state index in [-0.39, 0.29) is 5.69 Å². The molecule has 0 heterocycles. The molecule has 0 unspecified atom stereocenters. The van der Waals surface area contributed by atoms with Gasteiger partial charge >= 0.3 is 5.97 Å². The number of benzene rings is 2. The average Bonchev–Trinajstić information content (AvgIpc) is 2.50. The molecule has 0 aromatic heterocycles. The lowest BCUT2D eigenvalue weighted by Gasteiger charge is -2.13. The summed E-state index contributed by atoms with van der Waals surface area (Å²) < 4.78 is 11.1. The van der Waals surface area contributed by atoms with E-state index in [1.807, 2.05) is 0 Å². The van der Waals surface area contributed by atoms with Crippen molar-refractivity contribution >= 4 is 27.6 Å². The third-order valence-corrected chi connectivity index (χ3v) is 3.84. The van der Waals surface area contributed by atoms with E-state index in [0.29, 0.717) is 32.7 Å². The Morgan fingerprint density at radius 1 is 1.17 bits per heavy atom. The molecule has 120 valence electrons. The fourth-order valence-electron chi connectivity index (χ4n) is 2.13. The van der Waals surface area contributed by atoms with Crippen LogP contribution in [0.3, 0.4) is 0 Å². The summed E-state index contributed by atoms with van der Waals surface area (Å²) in [5.74, 6) is 0.597. The smallest absolute Gasteiger partial charge is 0.337 e. The molecule has 2 rings (SSSR count). The third kappa shape index (κ3) is 3.68. The van der Waals surface area contributed by atoms with Crippen LogP contribution in [-0.2, 0) is 4.74 Å². The number of halogens is 1. The van der Waals surface area contributed by atoms with Crippen LogP contribution in [0.4, 0.5) is 5.69 Å². The molecule has 0 amide bonds. The van der Waals surface area contributed by atoms with E-state index in [1.165, 1.54) is 19.2 Å². The molecule has 0 saturated carbocycles. The second kappa shape index (κ2) is 6.78. The number of nitrogens with zero attached hydrogens (tertiary/aromatic N) is 1. The Hall–Kier alpha value is -2.41. The maximum atomic E-state index is 11.5. The minimum atomic E-state index is -0.444. The Bertz CT molecular complexity index is 765. The molecule has 0 atom stereocenters. The van der Waals surface area contributed by atoms with Crippen molar-refractivity contribution in [2.24, 2.45) is 0 Å². The van der Waals surface area contributed by atoms with Gasteiger partial charge in [0, 0.05) is 12.1 Å². The average molecular weight is 380 g/mol. The molecule has 23 heavy (non-hydrogen) atoms. The zero-order chi connectivity index (χ0) is 17.1. The molecular formula is C16H14BrNO5. The number of nitro benzene ring substituents is 1. The first-order valence-corrected chi connectivity index (χ1v) is 7.44. The summed E-state index contributed by atoms with van der Waals surface area (Å²) in [6.45, 7) is 3.48. The van der Waals surface area contributed by atoms with Gasteiger partial charge in [0.05, 0.1) is 22.1 Å². The van der Waals surface area contributed by atoms with Gasteiger partial charge in [-0.15, -0.1) is 0 Å². The van der Waals surface area contributed by atoms with Crippen LogP contribution in [0.15, 0.2) is 34.8 Å². The molecule has 7 heteroatoms. The number of carbonyl (C=O) groups excluding carboxylic acids is 1. The second-order valence-corrected chi connectivity index (χ2v) is 5.76. The molecule has 0 aliphatic carbocycles. The lowest BCUT2D eigenvalue weighted by molar-refractivity contribution is -0.385. The summed E-state index contributed by atoms with van der Waals surface area (Å²) in [5.41, 5.74) is 1.72. The minimum absolute atomic E-state index is 0.0208. The Morgan fingerprint density at radius 3 is 2.26 bits per heavy atom. The van der Waals surface area contributed by atoms with Crippen molar-refractivity contribution in [3.63, 3.8) is 0 Å². The maximum absolute atomic E-state index is 11.5. The highest BCUT2D eigenvalue weighted by molar-refractivity contribution is 9.10. The number of aryl methyl sites for hydroxylation is 2. The summed E-state index contributed by atoms with van der Waals surface area (Å²) in [6, 6.07) is 7.73. The number of carbonyl (C=O) groups is 1. The van der Waals surface area contributed by atoms with Gasteiger partial charge in [-0.25, -0.2) is 4.79 Å². The van der Waals surface area contributed by atoms with Crippen LogP contribution < -0.4 is 4.74 Å². The molecule has 0 aliphatic rings. The predicted octanol–water partition coefficient (Wildman–Crippen LogP) is 4.55. The zero-order valence-electron chi connectivity index (χ0n) is 12.8. The van der Waals surface area contributed by atoms with Gasteiger partial charge in [0.25, 0.3) is 5.69 Å². The highest BCUT2D eigenvalue weighted by atomic mass is 79.9. The van der Waals surface area contributed by atoms with E-state index >= 15 is 0 Å². The molecule has 2 aromatic carbocycles. The number of rotatable bonds is 4. The SMILES string of the molecule is COC(=O)c1ccc(Oc2c(C)cc([N+](=O)[O-])cc2C)c(Br)c1. The van der Waals surface area contributed by atoms with Gasteiger partial charge in [-0.2, -0.15) is 0 Å². The van der Waals surface area contributed by atoms with E-state index in [0.717, 1.165) is 0 Å². The first-order chi connectivity index (χ1) is 10.8. The molecule has 6 nitrogen and oxygen atoms in total. The number of hydrogen-bond donors (Lipinski definition) is 0. The van der Waals surface area contributed by atoms with Gasteiger partial charge in [-0.3, -0.25) is 10.1 Å². The minimum Gasteiger partial charge on any atom is -0.465 e. The van der Waals surface area contributed by atoms with Crippen molar-refractivity contribution in [2.45, 2.75) is 13.8 Å². The molecular weight excluding hydrogens is 366 g/mol. The molecule has 0 radical (unpaired) electrons. The molecule has 0 N–H and O–H groups in total. The fraction of sp³-hybridized carbons (Fsp3) is 0.188. The van der Waals surface area contributed by atoms with E-state index in [1.54, 1.807) is 32.0 Å². The van der Waals surface area contributed by atoms with Crippen LogP contribution in [0, 0.1) is 24.0 Å². The van der Waals surface area contributed by atoms with Crippen LogP contribution in [-0.4, -0.2) is 18.0 Å². The monoisotopic (exact) mass is 379 g/mol. The van der Waals surface area contributed by atoms with Crippen LogP contribution in [0.5, 0.6) is 11.5 Å². The number of methoxy groups -OCH3 is 1. The van der Waals surface area contributed by atoms with Crippen molar-refractivity contribution in [2.75, 3.05) is 7.11 Å². The Kier molecular flexibility index (Phi) is 5.00. The first kappa shape index (κ1) is 17.0. The third-order valence-electron chi connectivity index (χ3n) is 3.22. The topological polar surface area (TPSA) is 78.7 Å². The summed E-state index contributed by atoms with van der Waals surface area (Å²) in [4.78, 5) is 21.9. The lowest BCUT2D eigenvalue weighted by Crippen LogP contribution is -2.01. The quantitative estimate of drug-likeness (QED) is 0.442.